The van der Waals surface area contributed by atoms with Crippen LogP contribution in [0.5, 0.6) is 5.75 Å². The second-order valence-electron chi connectivity index (χ2n) is 3.76. The number of halogens is 1. The topological polar surface area (TPSA) is 38.3 Å². The average Bonchev–Trinajstić information content (AvgIpc) is 2.42. The summed E-state index contributed by atoms with van der Waals surface area (Å²) in [4.78, 5) is 0.625. The van der Waals surface area contributed by atoms with Gasteiger partial charge in [-0.3, -0.25) is 0 Å². The molecule has 0 bridgehead atoms. The highest BCUT2D eigenvalue weighted by Gasteiger charge is 2.12. The molecule has 5 heteroatoms. The highest BCUT2D eigenvalue weighted by atomic mass is 79.9. The van der Waals surface area contributed by atoms with Crippen molar-refractivity contribution in [2.45, 2.75) is 11.8 Å². The van der Waals surface area contributed by atoms with Crippen molar-refractivity contribution < 1.29 is 8.95 Å². The van der Waals surface area contributed by atoms with Crippen molar-refractivity contribution in [1.29, 1.82) is 0 Å². The maximum atomic E-state index is 12.4. The smallest absolute Gasteiger partial charge is 0.154 e. The Kier molecular flexibility index (Phi) is 4.99. The van der Waals surface area contributed by atoms with E-state index in [0.717, 1.165) is 10.2 Å². The second kappa shape index (κ2) is 6.73. The van der Waals surface area contributed by atoms with Crippen LogP contribution in [0.15, 0.2) is 57.9 Å². The number of nitrogens with one attached hydrogen (secondary N) is 1. The van der Waals surface area contributed by atoms with Crippen LogP contribution in [0.25, 0.3) is 0 Å². The van der Waals surface area contributed by atoms with E-state index in [1.807, 2.05) is 49.4 Å². The van der Waals surface area contributed by atoms with Crippen LogP contribution in [0.3, 0.4) is 0 Å². The molecule has 0 aliphatic heterocycles. The van der Waals surface area contributed by atoms with E-state index in [0.29, 0.717) is 17.3 Å². The highest BCUT2D eigenvalue weighted by molar-refractivity contribution is 9.10. The molecule has 0 aliphatic carbocycles. The fraction of sp³-hybridized carbons (Fsp3) is 0.143. The number of anilines is 1. The third-order valence-corrected chi connectivity index (χ3v) is 4.02. The molecule has 0 spiro atoms. The molecule has 0 fully saturated rings. The van der Waals surface area contributed by atoms with Crippen molar-refractivity contribution in [1.82, 2.24) is 0 Å². The minimum absolute atomic E-state index is 0.539. The Morgan fingerprint density at radius 3 is 2.63 bits per heavy atom. The lowest BCUT2D eigenvalue weighted by atomic mass is 10.3. The van der Waals surface area contributed by atoms with E-state index >= 15 is 0 Å². The van der Waals surface area contributed by atoms with Crippen LogP contribution in [0.2, 0.25) is 0 Å². The highest BCUT2D eigenvalue weighted by Crippen LogP contribution is 2.27. The van der Waals surface area contributed by atoms with Crippen LogP contribution in [-0.4, -0.2) is 10.8 Å². The lowest BCUT2D eigenvalue weighted by Gasteiger charge is -2.11. The number of rotatable bonds is 5. The Balaban J connectivity index is 2.25. The number of ether oxygens (including phenoxy) is 1. The van der Waals surface area contributed by atoms with E-state index in [1.54, 1.807) is 6.07 Å². The van der Waals surface area contributed by atoms with Crippen LogP contribution in [0, 0.1) is 0 Å². The summed E-state index contributed by atoms with van der Waals surface area (Å²) in [6.45, 7) is 2.44. The number of benzene rings is 2. The van der Waals surface area contributed by atoms with Crippen LogP contribution >= 0.6 is 15.9 Å². The van der Waals surface area contributed by atoms with Crippen molar-refractivity contribution in [3.8, 4) is 5.75 Å². The fourth-order valence-electron chi connectivity index (χ4n) is 1.57. The molecule has 100 valence electrons. The van der Waals surface area contributed by atoms with Gasteiger partial charge in [-0.2, -0.15) is 0 Å². The zero-order valence-corrected chi connectivity index (χ0v) is 12.8. The first kappa shape index (κ1) is 14.1. The standard InChI is InChI=1S/C14H14BrNO2S/c1-2-18-13-9-8-11(15)10-14(13)19(17)16-12-6-4-3-5-7-12/h3-10,16H,2H2,1H3. The van der Waals surface area contributed by atoms with E-state index in [1.165, 1.54) is 0 Å². The van der Waals surface area contributed by atoms with Gasteiger partial charge in [0.05, 0.1) is 6.61 Å². The zero-order valence-electron chi connectivity index (χ0n) is 10.4. The molecule has 0 aromatic heterocycles. The molecular weight excluding hydrogens is 326 g/mol. The summed E-state index contributed by atoms with van der Waals surface area (Å²) in [5.74, 6) is 0.632. The van der Waals surface area contributed by atoms with Crippen molar-refractivity contribution in [3.63, 3.8) is 0 Å². The number of para-hydroxylation sites is 1. The van der Waals surface area contributed by atoms with Crippen LogP contribution in [-0.2, 0) is 11.0 Å². The Bertz CT molecular complexity index is 575. The summed E-state index contributed by atoms with van der Waals surface area (Å²) < 4.78 is 21.7. The lowest BCUT2D eigenvalue weighted by molar-refractivity contribution is 0.332. The van der Waals surface area contributed by atoms with Gasteiger partial charge in [-0.05, 0) is 37.3 Å². The summed E-state index contributed by atoms with van der Waals surface area (Å²) in [6, 6.07) is 14.9. The van der Waals surface area contributed by atoms with E-state index in [2.05, 4.69) is 20.7 Å². The molecule has 2 aromatic rings. The van der Waals surface area contributed by atoms with Gasteiger partial charge in [0.1, 0.15) is 10.6 Å². The molecule has 1 N–H and O–H groups in total. The maximum Gasteiger partial charge on any atom is 0.154 e. The Hall–Kier alpha value is -1.33. The van der Waals surface area contributed by atoms with Crippen molar-refractivity contribution in [3.05, 3.63) is 53.0 Å². The SMILES string of the molecule is CCOc1ccc(Br)cc1S(=O)Nc1ccccc1. The average molecular weight is 340 g/mol. The van der Waals surface area contributed by atoms with Crippen LogP contribution in [0.1, 0.15) is 6.92 Å². The minimum Gasteiger partial charge on any atom is -0.493 e. The molecule has 2 aromatic carbocycles. The normalized spacial score (nSPS) is 11.9. The third kappa shape index (κ3) is 3.81. The molecule has 0 amide bonds. The first-order valence-electron chi connectivity index (χ1n) is 5.86. The monoisotopic (exact) mass is 339 g/mol. The lowest BCUT2D eigenvalue weighted by Crippen LogP contribution is -2.07. The molecule has 0 saturated carbocycles. The molecule has 0 radical (unpaired) electrons. The van der Waals surface area contributed by atoms with Crippen molar-refractivity contribution >= 4 is 32.6 Å². The van der Waals surface area contributed by atoms with Crippen LogP contribution in [0.4, 0.5) is 5.69 Å². The van der Waals surface area contributed by atoms with E-state index in [-0.39, 0.29) is 0 Å². The molecule has 19 heavy (non-hydrogen) atoms. The number of hydrogen-bond donors (Lipinski definition) is 1. The van der Waals surface area contributed by atoms with Gasteiger partial charge in [0, 0.05) is 10.2 Å². The maximum absolute atomic E-state index is 12.4. The molecule has 2 rings (SSSR count). The summed E-state index contributed by atoms with van der Waals surface area (Å²) in [7, 11) is -1.36. The van der Waals surface area contributed by atoms with Gasteiger partial charge in [0.2, 0.25) is 0 Å². The van der Waals surface area contributed by atoms with Crippen molar-refractivity contribution in [2.24, 2.45) is 0 Å². The summed E-state index contributed by atoms with van der Waals surface area (Å²) in [6.07, 6.45) is 0. The largest absolute Gasteiger partial charge is 0.493 e. The van der Waals surface area contributed by atoms with E-state index < -0.39 is 11.0 Å². The zero-order chi connectivity index (χ0) is 13.7. The van der Waals surface area contributed by atoms with E-state index in [4.69, 9.17) is 4.74 Å². The predicted octanol–water partition coefficient (Wildman–Crippen LogP) is 3.98. The van der Waals surface area contributed by atoms with Gasteiger partial charge < -0.3 is 9.46 Å². The minimum atomic E-state index is -1.36. The molecule has 0 aliphatic rings. The van der Waals surface area contributed by atoms with Crippen LogP contribution < -0.4 is 9.46 Å². The Morgan fingerprint density at radius 2 is 1.95 bits per heavy atom. The van der Waals surface area contributed by atoms with Gasteiger partial charge in [-0.1, -0.05) is 34.1 Å². The quantitative estimate of drug-likeness (QED) is 0.894. The molecule has 0 heterocycles. The molecule has 3 nitrogen and oxygen atoms in total. The predicted molar refractivity (Wildman–Crippen MR) is 81.8 cm³/mol. The number of hydrogen-bond acceptors (Lipinski definition) is 2. The van der Waals surface area contributed by atoms with E-state index in [9.17, 15) is 4.21 Å². The molecule has 1 unspecified atom stereocenters. The van der Waals surface area contributed by atoms with Crippen molar-refractivity contribution in [2.75, 3.05) is 11.3 Å². The van der Waals surface area contributed by atoms with Gasteiger partial charge in [0.15, 0.2) is 11.0 Å². The molecular formula is C14H14BrNO2S. The summed E-state index contributed by atoms with van der Waals surface area (Å²) in [5, 5.41) is 0. The first-order chi connectivity index (χ1) is 9.20. The fourth-order valence-corrected chi connectivity index (χ4v) is 3.09. The van der Waals surface area contributed by atoms with Gasteiger partial charge >= 0.3 is 0 Å². The molecule has 1 atom stereocenters. The molecule has 0 saturated heterocycles. The Labute approximate surface area is 123 Å². The van der Waals surface area contributed by atoms with Gasteiger partial charge in [0.25, 0.3) is 0 Å². The van der Waals surface area contributed by atoms with Gasteiger partial charge in [-0.15, -0.1) is 0 Å². The Morgan fingerprint density at radius 1 is 1.21 bits per heavy atom. The third-order valence-electron chi connectivity index (χ3n) is 2.39. The summed E-state index contributed by atoms with van der Waals surface area (Å²) >= 11 is 3.38. The summed E-state index contributed by atoms with van der Waals surface area (Å²) in [5.41, 5.74) is 0.809. The first-order valence-corrected chi connectivity index (χ1v) is 7.81. The second-order valence-corrected chi connectivity index (χ2v) is 5.86. The van der Waals surface area contributed by atoms with Gasteiger partial charge in [-0.25, -0.2) is 4.21 Å².